The second-order valence-electron chi connectivity index (χ2n) is 0.332. The van der Waals surface area contributed by atoms with Crippen molar-refractivity contribution in [3.63, 3.8) is 0 Å². The Morgan fingerprint density at radius 3 is 2.00 bits per heavy atom. The summed E-state index contributed by atoms with van der Waals surface area (Å²) in [6.07, 6.45) is 0. The molecule has 0 aliphatic rings. The third-order valence-corrected chi connectivity index (χ3v) is 0.0962. The summed E-state index contributed by atoms with van der Waals surface area (Å²) in [6, 6.07) is 0. The van der Waals surface area contributed by atoms with Crippen molar-refractivity contribution in [1.82, 2.24) is 0 Å². The maximum atomic E-state index is 8.95. The molecule has 0 atom stereocenters. The van der Waals surface area contributed by atoms with Gasteiger partial charge in [-0.15, -0.1) is 0 Å². The Morgan fingerprint density at radius 1 is 1.80 bits per heavy atom. The predicted octanol–water partition coefficient (Wildman–Crippen LogP) is -0.213. The van der Waals surface area contributed by atoms with E-state index < -0.39 is 0 Å². The Labute approximate surface area is 41.3 Å². The molecule has 0 heterocycles. The van der Waals surface area contributed by atoms with Gasteiger partial charge in [0.25, 0.3) is 6.47 Å². The summed E-state index contributed by atoms with van der Waals surface area (Å²) in [5.74, 6) is 0. The van der Waals surface area contributed by atoms with Crippen molar-refractivity contribution in [3.05, 3.63) is 0 Å². The fraction of sp³-hybridized carbons (Fsp3) is 0.500. The SMILES string of the molecule is COC=O.[Cr]. The smallest absolute Gasteiger partial charge is 0.292 e. The molecule has 3 heteroatoms. The molecule has 0 radical (unpaired) electrons. The van der Waals surface area contributed by atoms with Crippen LogP contribution in [0.15, 0.2) is 0 Å². The van der Waals surface area contributed by atoms with Crippen LogP contribution in [0.1, 0.15) is 0 Å². The van der Waals surface area contributed by atoms with Crippen LogP contribution in [-0.4, -0.2) is 13.6 Å². The van der Waals surface area contributed by atoms with Gasteiger partial charge in [0, 0.05) is 17.4 Å². The minimum atomic E-state index is 0. The Kier molecular flexibility index (Phi) is 16.0. The van der Waals surface area contributed by atoms with Gasteiger partial charge in [0.15, 0.2) is 0 Å². The zero-order valence-electron chi connectivity index (χ0n) is 2.80. The zero-order chi connectivity index (χ0) is 3.41. The Bertz CT molecular complexity index is 21.6. The van der Waals surface area contributed by atoms with E-state index in [0.717, 1.165) is 0 Å². The average molecular weight is 112 g/mol. The minimum Gasteiger partial charge on any atom is -0.471 e. The number of carbonyl (C=O) groups excluding carboxylic acids is 1. The molecule has 0 unspecified atom stereocenters. The maximum absolute atomic E-state index is 8.95. The van der Waals surface area contributed by atoms with Gasteiger partial charge in [0.1, 0.15) is 0 Å². The molecule has 5 heavy (non-hydrogen) atoms. The van der Waals surface area contributed by atoms with Crippen LogP contribution in [0, 0.1) is 0 Å². The van der Waals surface area contributed by atoms with Crippen molar-refractivity contribution in [1.29, 1.82) is 0 Å². The first-order valence-electron chi connectivity index (χ1n) is 0.880. The van der Waals surface area contributed by atoms with E-state index in [1.165, 1.54) is 7.11 Å². The number of methoxy groups -OCH3 is 1. The van der Waals surface area contributed by atoms with E-state index in [4.69, 9.17) is 4.79 Å². The van der Waals surface area contributed by atoms with Gasteiger partial charge >= 0.3 is 0 Å². The largest absolute Gasteiger partial charge is 0.471 e. The van der Waals surface area contributed by atoms with Gasteiger partial charge in [0.2, 0.25) is 0 Å². The Balaban J connectivity index is 0. The van der Waals surface area contributed by atoms with Crippen molar-refractivity contribution < 1.29 is 26.9 Å². The van der Waals surface area contributed by atoms with E-state index in [0.29, 0.717) is 6.47 Å². The third-order valence-electron chi connectivity index (χ3n) is 0.0962. The third kappa shape index (κ3) is 16.0. The van der Waals surface area contributed by atoms with Crippen LogP contribution in [0.2, 0.25) is 0 Å². The molecular formula is C2H4CrO2. The zero-order valence-corrected chi connectivity index (χ0v) is 4.08. The monoisotopic (exact) mass is 112 g/mol. The van der Waals surface area contributed by atoms with Crippen LogP contribution < -0.4 is 0 Å². The Morgan fingerprint density at radius 2 is 2.00 bits per heavy atom. The summed E-state index contributed by atoms with van der Waals surface area (Å²) in [4.78, 5) is 8.95. The standard InChI is InChI=1S/C2H4O2.Cr/c1-4-2-3;/h2H,1H3;. The van der Waals surface area contributed by atoms with Crippen LogP contribution in [0.25, 0.3) is 0 Å². The van der Waals surface area contributed by atoms with Gasteiger partial charge in [-0.3, -0.25) is 4.79 Å². The van der Waals surface area contributed by atoms with Crippen molar-refractivity contribution in [2.45, 2.75) is 0 Å². The molecule has 0 aromatic heterocycles. The van der Waals surface area contributed by atoms with Crippen LogP contribution in [0.3, 0.4) is 0 Å². The molecule has 30 valence electrons. The summed E-state index contributed by atoms with van der Waals surface area (Å²) in [6.45, 7) is 0.375. The van der Waals surface area contributed by atoms with E-state index in [1.54, 1.807) is 0 Å². The quantitative estimate of drug-likeness (QED) is 0.438. The van der Waals surface area contributed by atoms with Crippen LogP contribution >= 0.6 is 0 Å². The molecule has 0 aromatic rings. The summed E-state index contributed by atoms with van der Waals surface area (Å²) < 4.78 is 3.86. The summed E-state index contributed by atoms with van der Waals surface area (Å²) in [5, 5.41) is 0. The first-order valence-corrected chi connectivity index (χ1v) is 0.880. The summed E-state index contributed by atoms with van der Waals surface area (Å²) >= 11 is 0. The first-order chi connectivity index (χ1) is 1.91. The van der Waals surface area contributed by atoms with Crippen LogP contribution in [0.5, 0.6) is 0 Å². The second-order valence-corrected chi connectivity index (χ2v) is 0.332. The Hall–Kier alpha value is 0.00247. The molecule has 0 aliphatic carbocycles. The number of rotatable bonds is 1. The summed E-state index contributed by atoms with van der Waals surface area (Å²) in [7, 11) is 1.31. The average Bonchev–Trinajstić information content (AvgIpc) is 1.37. The fourth-order valence-corrected chi connectivity index (χ4v) is 0. The van der Waals surface area contributed by atoms with Gasteiger partial charge in [-0.05, 0) is 0 Å². The maximum Gasteiger partial charge on any atom is 0.292 e. The molecule has 0 N–H and O–H groups in total. The van der Waals surface area contributed by atoms with Gasteiger partial charge in [-0.1, -0.05) is 0 Å². The molecule has 0 rings (SSSR count). The fourth-order valence-electron chi connectivity index (χ4n) is 0. The van der Waals surface area contributed by atoms with Gasteiger partial charge in [-0.25, -0.2) is 0 Å². The number of ether oxygens (including phenoxy) is 1. The van der Waals surface area contributed by atoms with Crippen molar-refractivity contribution >= 4 is 6.47 Å². The molecule has 0 fully saturated rings. The molecule has 0 aliphatic heterocycles. The molecule has 0 saturated heterocycles. The molecule has 2 nitrogen and oxygen atoms in total. The predicted molar refractivity (Wildman–Crippen MR) is 13.1 cm³/mol. The van der Waals surface area contributed by atoms with Crippen molar-refractivity contribution in [2.75, 3.05) is 7.11 Å². The summed E-state index contributed by atoms with van der Waals surface area (Å²) in [5.41, 5.74) is 0. The van der Waals surface area contributed by atoms with Gasteiger partial charge in [-0.2, -0.15) is 0 Å². The van der Waals surface area contributed by atoms with Crippen LogP contribution in [0.4, 0.5) is 0 Å². The van der Waals surface area contributed by atoms with E-state index in [1.807, 2.05) is 0 Å². The molecule has 0 saturated carbocycles. The second kappa shape index (κ2) is 9.00. The molecule has 0 spiro atoms. The van der Waals surface area contributed by atoms with E-state index >= 15 is 0 Å². The van der Waals surface area contributed by atoms with Crippen molar-refractivity contribution in [2.24, 2.45) is 0 Å². The minimum absolute atomic E-state index is 0. The first kappa shape index (κ1) is 8.89. The van der Waals surface area contributed by atoms with Crippen LogP contribution in [-0.2, 0) is 26.9 Å². The van der Waals surface area contributed by atoms with Crippen molar-refractivity contribution in [3.8, 4) is 0 Å². The number of hydrogen-bond acceptors (Lipinski definition) is 2. The molecule has 0 amide bonds. The van der Waals surface area contributed by atoms with Gasteiger partial charge < -0.3 is 4.74 Å². The number of carbonyl (C=O) groups is 1. The van der Waals surface area contributed by atoms with E-state index in [2.05, 4.69) is 4.74 Å². The topological polar surface area (TPSA) is 26.3 Å². The van der Waals surface area contributed by atoms with E-state index in [9.17, 15) is 0 Å². The van der Waals surface area contributed by atoms with Gasteiger partial charge in [0.05, 0.1) is 7.11 Å². The normalized spacial score (nSPS) is 4.20. The number of hydrogen-bond donors (Lipinski definition) is 0. The molecule has 0 bridgehead atoms. The molecule has 0 aromatic carbocycles. The van der Waals surface area contributed by atoms with E-state index in [-0.39, 0.29) is 17.4 Å². The molecular weight excluding hydrogens is 108 g/mol.